The summed E-state index contributed by atoms with van der Waals surface area (Å²) in [5.41, 5.74) is 0.0637. The lowest BCUT2D eigenvalue weighted by Gasteiger charge is -2.49. The average Bonchev–Trinajstić information content (AvgIpc) is 2.10. The molecular weight excluding hydrogens is 162 g/mol. The van der Waals surface area contributed by atoms with Gasteiger partial charge >= 0.3 is 0 Å². The molecule has 0 saturated heterocycles. The van der Waals surface area contributed by atoms with Crippen molar-refractivity contribution in [1.82, 2.24) is 5.32 Å². The van der Waals surface area contributed by atoms with Crippen molar-refractivity contribution in [2.24, 2.45) is 5.41 Å². The van der Waals surface area contributed by atoms with Crippen LogP contribution in [0.3, 0.4) is 0 Å². The third-order valence-electron chi connectivity index (χ3n) is 3.19. The lowest BCUT2D eigenvalue weighted by Crippen LogP contribution is -2.60. The molecule has 1 saturated carbocycles. The SMILES string of the molecule is C=CCCCNC1CC(O)C1(C)C. The van der Waals surface area contributed by atoms with E-state index in [1.54, 1.807) is 0 Å². The van der Waals surface area contributed by atoms with E-state index in [1.807, 2.05) is 6.08 Å². The number of allylic oxidation sites excluding steroid dienone is 1. The van der Waals surface area contributed by atoms with Crippen LogP contribution in [-0.4, -0.2) is 23.8 Å². The molecule has 0 spiro atoms. The zero-order chi connectivity index (χ0) is 9.90. The highest BCUT2D eigenvalue weighted by atomic mass is 16.3. The molecule has 0 aromatic carbocycles. The van der Waals surface area contributed by atoms with Crippen LogP contribution in [0.4, 0.5) is 0 Å². The molecule has 0 aliphatic heterocycles. The van der Waals surface area contributed by atoms with Crippen molar-refractivity contribution in [3.8, 4) is 0 Å². The van der Waals surface area contributed by atoms with E-state index in [9.17, 15) is 5.11 Å². The Morgan fingerprint density at radius 2 is 2.31 bits per heavy atom. The van der Waals surface area contributed by atoms with Gasteiger partial charge in [0.2, 0.25) is 0 Å². The minimum Gasteiger partial charge on any atom is -0.392 e. The molecule has 0 aromatic rings. The summed E-state index contributed by atoms with van der Waals surface area (Å²) in [6, 6.07) is 0.493. The fourth-order valence-corrected chi connectivity index (χ4v) is 1.77. The molecule has 1 fully saturated rings. The Kier molecular flexibility index (Phi) is 3.51. The number of hydrogen-bond donors (Lipinski definition) is 2. The predicted molar refractivity (Wildman–Crippen MR) is 55.6 cm³/mol. The quantitative estimate of drug-likeness (QED) is 0.502. The van der Waals surface area contributed by atoms with Gasteiger partial charge < -0.3 is 10.4 Å². The van der Waals surface area contributed by atoms with Crippen molar-refractivity contribution in [2.45, 2.75) is 45.3 Å². The monoisotopic (exact) mass is 183 g/mol. The minimum atomic E-state index is -0.121. The van der Waals surface area contributed by atoms with E-state index in [0.717, 1.165) is 25.8 Å². The van der Waals surface area contributed by atoms with Gasteiger partial charge in [-0.1, -0.05) is 19.9 Å². The lowest BCUT2D eigenvalue weighted by atomic mass is 9.64. The second kappa shape index (κ2) is 4.25. The normalized spacial score (nSPS) is 31.0. The Balaban J connectivity index is 2.14. The predicted octanol–water partition coefficient (Wildman–Crippen LogP) is 1.70. The van der Waals surface area contributed by atoms with Gasteiger partial charge in [-0.15, -0.1) is 6.58 Å². The van der Waals surface area contributed by atoms with Crippen LogP contribution < -0.4 is 5.32 Å². The van der Waals surface area contributed by atoms with Crippen LogP contribution in [0.2, 0.25) is 0 Å². The van der Waals surface area contributed by atoms with Crippen molar-refractivity contribution in [1.29, 1.82) is 0 Å². The first-order chi connectivity index (χ1) is 6.09. The molecule has 2 nitrogen and oxygen atoms in total. The third-order valence-corrected chi connectivity index (χ3v) is 3.19. The lowest BCUT2D eigenvalue weighted by molar-refractivity contribution is -0.0722. The van der Waals surface area contributed by atoms with Gasteiger partial charge in [0.25, 0.3) is 0 Å². The van der Waals surface area contributed by atoms with Gasteiger partial charge in [-0.2, -0.15) is 0 Å². The first kappa shape index (κ1) is 10.7. The van der Waals surface area contributed by atoms with Crippen LogP contribution in [0, 0.1) is 5.41 Å². The molecule has 1 rings (SSSR count). The van der Waals surface area contributed by atoms with Crippen LogP contribution >= 0.6 is 0 Å². The maximum absolute atomic E-state index is 9.49. The fourth-order valence-electron chi connectivity index (χ4n) is 1.77. The highest BCUT2D eigenvalue weighted by molar-refractivity contribution is 5.01. The number of unbranched alkanes of at least 4 members (excludes halogenated alkanes) is 1. The molecule has 0 bridgehead atoms. The molecule has 13 heavy (non-hydrogen) atoms. The number of aliphatic hydroxyl groups is 1. The largest absolute Gasteiger partial charge is 0.392 e. The van der Waals surface area contributed by atoms with Crippen LogP contribution in [-0.2, 0) is 0 Å². The molecule has 2 heteroatoms. The molecule has 76 valence electrons. The molecule has 0 amide bonds. The minimum absolute atomic E-state index is 0.0637. The number of aliphatic hydroxyl groups excluding tert-OH is 1. The van der Waals surface area contributed by atoms with Crippen LogP contribution in [0.25, 0.3) is 0 Å². The smallest absolute Gasteiger partial charge is 0.0621 e. The summed E-state index contributed by atoms with van der Waals surface area (Å²) in [4.78, 5) is 0. The molecule has 0 radical (unpaired) electrons. The molecule has 2 atom stereocenters. The van der Waals surface area contributed by atoms with E-state index in [4.69, 9.17) is 0 Å². The molecule has 0 heterocycles. The summed E-state index contributed by atoms with van der Waals surface area (Å²) in [7, 11) is 0. The Morgan fingerprint density at radius 3 is 2.77 bits per heavy atom. The van der Waals surface area contributed by atoms with Gasteiger partial charge in [0, 0.05) is 11.5 Å². The Bertz CT molecular complexity index is 177. The Hall–Kier alpha value is -0.340. The van der Waals surface area contributed by atoms with E-state index in [1.165, 1.54) is 0 Å². The maximum Gasteiger partial charge on any atom is 0.0621 e. The molecule has 0 aromatic heterocycles. The van der Waals surface area contributed by atoms with Crippen molar-refractivity contribution in [3.63, 3.8) is 0 Å². The van der Waals surface area contributed by atoms with Crippen LogP contribution in [0.5, 0.6) is 0 Å². The molecular formula is C11H21NO. The highest BCUT2D eigenvalue weighted by Crippen LogP contribution is 2.40. The van der Waals surface area contributed by atoms with E-state index in [-0.39, 0.29) is 11.5 Å². The van der Waals surface area contributed by atoms with Crippen LogP contribution in [0.15, 0.2) is 12.7 Å². The van der Waals surface area contributed by atoms with Gasteiger partial charge in [-0.25, -0.2) is 0 Å². The second-order valence-electron chi connectivity index (χ2n) is 4.51. The van der Waals surface area contributed by atoms with Gasteiger partial charge in [0.05, 0.1) is 6.10 Å². The Morgan fingerprint density at radius 1 is 1.62 bits per heavy atom. The summed E-state index contributed by atoms with van der Waals surface area (Å²) < 4.78 is 0. The fraction of sp³-hybridized carbons (Fsp3) is 0.818. The average molecular weight is 183 g/mol. The Labute approximate surface area is 81.0 Å². The highest BCUT2D eigenvalue weighted by Gasteiger charge is 2.46. The topological polar surface area (TPSA) is 32.3 Å². The first-order valence-electron chi connectivity index (χ1n) is 5.11. The summed E-state index contributed by atoms with van der Waals surface area (Å²) in [6.07, 6.45) is 4.95. The summed E-state index contributed by atoms with van der Waals surface area (Å²) >= 11 is 0. The van der Waals surface area contributed by atoms with E-state index in [2.05, 4.69) is 25.7 Å². The van der Waals surface area contributed by atoms with E-state index >= 15 is 0 Å². The maximum atomic E-state index is 9.49. The molecule has 1 aliphatic rings. The van der Waals surface area contributed by atoms with Crippen molar-refractivity contribution >= 4 is 0 Å². The summed E-state index contributed by atoms with van der Waals surface area (Å²) in [5.74, 6) is 0. The molecule has 2 unspecified atom stereocenters. The second-order valence-corrected chi connectivity index (χ2v) is 4.51. The zero-order valence-electron chi connectivity index (χ0n) is 8.71. The number of rotatable bonds is 5. The van der Waals surface area contributed by atoms with E-state index < -0.39 is 0 Å². The van der Waals surface area contributed by atoms with Crippen molar-refractivity contribution < 1.29 is 5.11 Å². The molecule has 1 aliphatic carbocycles. The van der Waals surface area contributed by atoms with Crippen molar-refractivity contribution in [3.05, 3.63) is 12.7 Å². The first-order valence-corrected chi connectivity index (χ1v) is 5.11. The van der Waals surface area contributed by atoms with E-state index in [0.29, 0.717) is 6.04 Å². The van der Waals surface area contributed by atoms with Gasteiger partial charge in [-0.3, -0.25) is 0 Å². The van der Waals surface area contributed by atoms with Crippen LogP contribution in [0.1, 0.15) is 33.1 Å². The third kappa shape index (κ3) is 2.32. The number of nitrogens with one attached hydrogen (secondary N) is 1. The van der Waals surface area contributed by atoms with Gasteiger partial charge in [-0.05, 0) is 25.8 Å². The van der Waals surface area contributed by atoms with Gasteiger partial charge in [0.1, 0.15) is 0 Å². The zero-order valence-corrected chi connectivity index (χ0v) is 8.71. The molecule has 2 N–H and O–H groups in total. The standard InChI is InChI=1S/C11H21NO/c1-4-5-6-7-12-9-8-10(13)11(9,2)3/h4,9-10,12-13H,1,5-8H2,2-3H3. The van der Waals surface area contributed by atoms with Gasteiger partial charge in [0.15, 0.2) is 0 Å². The number of hydrogen-bond acceptors (Lipinski definition) is 2. The van der Waals surface area contributed by atoms with Crippen molar-refractivity contribution in [2.75, 3.05) is 6.54 Å². The summed E-state index contributed by atoms with van der Waals surface area (Å²) in [5, 5.41) is 13.0. The summed E-state index contributed by atoms with van der Waals surface area (Å²) in [6.45, 7) is 8.95.